The van der Waals surface area contributed by atoms with Crippen molar-refractivity contribution in [1.82, 2.24) is 10.2 Å². The monoisotopic (exact) mass is 302 g/mol. The van der Waals surface area contributed by atoms with Crippen LogP contribution in [0, 0.1) is 5.41 Å². The lowest BCUT2D eigenvalue weighted by atomic mass is 9.78. The van der Waals surface area contributed by atoms with Crippen molar-refractivity contribution < 1.29 is 19.1 Å². The van der Waals surface area contributed by atoms with Gasteiger partial charge in [-0.05, 0) is 18.6 Å². The molecule has 0 bridgehead atoms. The Morgan fingerprint density at radius 3 is 2.73 bits per heavy atom. The highest BCUT2D eigenvalue weighted by Gasteiger charge is 2.42. The Balaban J connectivity index is 1.71. The first-order chi connectivity index (χ1) is 10.6. The van der Waals surface area contributed by atoms with Gasteiger partial charge < -0.3 is 10.1 Å². The number of piperidine rings is 1. The summed E-state index contributed by atoms with van der Waals surface area (Å²) in [5.41, 5.74) is 0.119. The van der Waals surface area contributed by atoms with Crippen LogP contribution in [0.2, 0.25) is 0 Å². The molecular formula is C16H18N2O4. The number of nitrogens with zero attached hydrogens (tertiary/aromatic N) is 1. The van der Waals surface area contributed by atoms with E-state index in [1.807, 2.05) is 6.07 Å². The van der Waals surface area contributed by atoms with E-state index in [0.29, 0.717) is 31.7 Å². The second-order valence-corrected chi connectivity index (χ2v) is 5.91. The summed E-state index contributed by atoms with van der Waals surface area (Å²) in [6.45, 7) is 1.17. The molecule has 1 N–H and O–H groups in total. The topological polar surface area (TPSA) is 75.7 Å². The van der Waals surface area contributed by atoms with E-state index in [-0.39, 0.29) is 30.7 Å². The zero-order valence-corrected chi connectivity index (χ0v) is 12.2. The van der Waals surface area contributed by atoms with Crippen molar-refractivity contribution in [2.24, 2.45) is 5.41 Å². The van der Waals surface area contributed by atoms with Crippen molar-refractivity contribution in [3.63, 3.8) is 0 Å². The Morgan fingerprint density at radius 1 is 1.23 bits per heavy atom. The van der Waals surface area contributed by atoms with Gasteiger partial charge in [0.1, 0.15) is 6.61 Å². The van der Waals surface area contributed by atoms with E-state index >= 15 is 0 Å². The van der Waals surface area contributed by atoms with Gasteiger partial charge in [-0.25, -0.2) is 0 Å². The molecule has 0 saturated carbocycles. The number of hydrogen-bond donors (Lipinski definition) is 1. The number of imide groups is 1. The maximum absolute atomic E-state index is 12.4. The Hall–Kier alpha value is -2.21. The van der Waals surface area contributed by atoms with Crippen LogP contribution in [0.25, 0.3) is 0 Å². The molecule has 2 aliphatic heterocycles. The highest BCUT2D eigenvalue weighted by Crippen LogP contribution is 2.33. The molecule has 1 spiro atoms. The van der Waals surface area contributed by atoms with Crippen LogP contribution in [0.1, 0.15) is 23.2 Å². The number of rotatable bonds is 1. The van der Waals surface area contributed by atoms with E-state index in [0.717, 1.165) is 0 Å². The van der Waals surface area contributed by atoms with Gasteiger partial charge in [-0.3, -0.25) is 19.3 Å². The number of hydrogen-bond acceptors (Lipinski definition) is 4. The SMILES string of the molecule is O=C1COCC2(CCN(C(=O)c3ccccc3)C(=O)C2)CN1. The summed E-state index contributed by atoms with van der Waals surface area (Å²) in [6.07, 6.45) is 0.851. The van der Waals surface area contributed by atoms with E-state index in [1.54, 1.807) is 24.3 Å². The van der Waals surface area contributed by atoms with Crippen LogP contribution in [-0.4, -0.2) is 48.9 Å². The fourth-order valence-electron chi connectivity index (χ4n) is 2.95. The highest BCUT2D eigenvalue weighted by atomic mass is 16.5. The average molecular weight is 302 g/mol. The zero-order valence-electron chi connectivity index (χ0n) is 12.2. The van der Waals surface area contributed by atoms with Crippen LogP contribution in [0.15, 0.2) is 30.3 Å². The zero-order chi connectivity index (χ0) is 15.6. The highest BCUT2D eigenvalue weighted by molar-refractivity contribution is 6.05. The fraction of sp³-hybridized carbons (Fsp3) is 0.438. The van der Waals surface area contributed by atoms with Crippen molar-refractivity contribution in [2.75, 3.05) is 26.3 Å². The van der Waals surface area contributed by atoms with E-state index in [2.05, 4.69) is 5.32 Å². The molecule has 2 heterocycles. The summed E-state index contributed by atoms with van der Waals surface area (Å²) in [4.78, 5) is 37.5. The van der Waals surface area contributed by atoms with Crippen LogP contribution in [-0.2, 0) is 14.3 Å². The minimum absolute atomic E-state index is 0.0304. The lowest BCUT2D eigenvalue weighted by molar-refractivity contribution is -0.136. The predicted molar refractivity (Wildman–Crippen MR) is 78.0 cm³/mol. The summed E-state index contributed by atoms with van der Waals surface area (Å²) in [6, 6.07) is 8.79. The van der Waals surface area contributed by atoms with Crippen LogP contribution >= 0.6 is 0 Å². The van der Waals surface area contributed by atoms with Crippen molar-refractivity contribution >= 4 is 17.7 Å². The molecule has 1 atom stereocenters. The second-order valence-electron chi connectivity index (χ2n) is 5.91. The largest absolute Gasteiger partial charge is 0.371 e. The van der Waals surface area contributed by atoms with E-state index in [4.69, 9.17) is 4.74 Å². The third kappa shape index (κ3) is 2.87. The van der Waals surface area contributed by atoms with Crippen molar-refractivity contribution in [1.29, 1.82) is 0 Å². The number of likely N-dealkylation sites (tertiary alicyclic amines) is 1. The van der Waals surface area contributed by atoms with Crippen LogP contribution in [0.4, 0.5) is 0 Å². The molecule has 2 fully saturated rings. The molecule has 116 valence electrons. The Bertz CT molecular complexity index is 601. The normalized spacial score (nSPS) is 25.7. The minimum Gasteiger partial charge on any atom is -0.371 e. The Labute approximate surface area is 128 Å². The fourth-order valence-corrected chi connectivity index (χ4v) is 2.95. The third-order valence-corrected chi connectivity index (χ3v) is 4.26. The number of carbonyl (C=O) groups excluding carboxylic acids is 3. The maximum Gasteiger partial charge on any atom is 0.260 e. The number of carbonyl (C=O) groups is 3. The molecule has 3 amide bonds. The molecule has 1 aromatic carbocycles. The number of nitrogens with one attached hydrogen (secondary N) is 1. The predicted octanol–water partition coefficient (Wildman–Crippen LogP) is 0.582. The van der Waals surface area contributed by atoms with E-state index < -0.39 is 5.41 Å². The van der Waals surface area contributed by atoms with Gasteiger partial charge in [0.05, 0.1) is 6.61 Å². The van der Waals surface area contributed by atoms with Crippen molar-refractivity contribution in [2.45, 2.75) is 12.8 Å². The molecule has 0 aromatic heterocycles. The molecule has 6 heteroatoms. The van der Waals surface area contributed by atoms with Gasteiger partial charge in [0.15, 0.2) is 0 Å². The quantitative estimate of drug-likeness (QED) is 0.770. The van der Waals surface area contributed by atoms with Gasteiger partial charge in [-0.1, -0.05) is 18.2 Å². The van der Waals surface area contributed by atoms with Crippen LogP contribution in [0.3, 0.4) is 0 Å². The van der Waals surface area contributed by atoms with Gasteiger partial charge >= 0.3 is 0 Å². The van der Waals surface area contributed by atoms with Crippen LogP contribution < -0.4 is 5.32 Å². The molecule has 0 aliphatic carbocycles. The first-order valence-corrected chi connectivity index (χ1v) is 7.34. The summed E-state index contributed by atoms with van der Waals surface area (Å²) in [5, 5.41) is 2.78. The molecule has 3 rings (SSSR count). The minimum atomic E-state index is -0.392. The Kier molecular flexibility index (Phi) is 3.94. The first-order valence-electron chi connectivity index (χ1n) is 7.34. The van der Waals surface area contributed by atoms with Gasteiger partial charge in [0.2, 0.25) is 11.8 Å². The summed E-state index contributed by atoms with van der Waals surface area (Å²) in [7, 11) is 0. The van der Waals surface area contributed by atoms with Gasteiger partial charge in [-0.15, -0.1) is 0 Å². The Morgan fingerprint density at radius 2 is 2.00 bits per heavy atom. The average Bonchev–Trinajstić information content (AvgIpc) is 2.70. The van der Waals surface area contributed by atoms with Crippen molar-refractivity contribution in [3.8, 4) is 0 Å². The second kappa shape index (κ2) is 5.88. The van der Waals surface area contributed by atoms with Gasteiger partial charge in [0.25, 0.3) is 5.91 Å². The molecule has 0 radical (unpaired) electrons. The van der Waals surface area contributed by atoms with E-state index in [1.165, 1.54) is 4.90 Å². The van der Waals surface area contributed by atoms with E-state index in [9.17, 15) is 14.4 Å². The number of benzene rings is 1. The molecule has 2 aliphatic rings. The molecule has 1 unspecified atom stereocenters. The standard InChI is InChI=1S/C16H18N2O4/c19-13-9-22-11-16(10-17-13)6-7-18(14(20)8-16)15(21)12-4-2-1-3-5-12/h1-5H,6-11H2,(H,17,19). The smallest absolute Gasteiger partial charge is 0.260 e. The third-order valence-electron chi connectivity index (χ3n) is 4.26. The summed E-state index contributed by atoms with van der Waals surface area (Å²) >= 11 is 0. The van der Waals surface area contributed by atoms with Crippen molar-refractivity contribution in [3.05, 3.63) is 35.9 Å². The molecule has 2 saturated heterocycles. The lowest BCUT2D eigenvalue weighted by Crippen LogP contribution is -2.51. The number of amides is 3. The molecule has 22 heavy (non-hydrogen) atoms. The van der Waals surface area contributed by atoms with Crippen LogP contribution in [0.5, 0.6) is 0 Å². The van der Waals surface area contributed by atoms with Gasteiger partial charge in [-0.2, -0.15) is 0 Å². The molecule has 6 nitrogen and oxygen atoms in total. The molecule has 1 aromatic rings. The lowest BCUT2D eigenvalue weighted by Gasteiger charge is -2.39. The molecular weight excluding hydrogens is 284 g/mol. The number of ether oxygens (including phenoxy) is 1. The summed E-state index contributed by atoms with van der Waals surface area (Å²) < 4.78 is 5.36. The van der Waals surface area contributed by atoms with Gasteiger partial charge in [0, 0.05) is 30.5 Å². The summed E-state index contributed by atoms with van der Waals surface area (Å²) in [5.74, 6) is -0.633. The first kappa shape index (κ1) is 14.7. The maximum atomic E-state index is 12.4.